The number of benzene rings is 4. The zero-order valence-corrected chi connectivity index (χ0v) is 32.0. The van der Waals surface area contributed by atoms with E-state index >= 15 is 0 Å². The van der Waals surface area contributed by atoms with Crippen LogP contribution in [0.4, 0.5) is 11.4 Å². The van der Waals surface area contributed by atoms with Crippen LogP contribution in [0.2, 0.25) is 0 Å². The number of nitrogens with zero attached hydrogens (tertiary/aromatic N) is 4. The van der Waals surface area contributed by atoms with Gasteiger partial charge in [0.1, 0.15) is 0 Å². The summed E-state index contributed by atoms with van der Waals surface area (Å²) in [5, 5.41) is 2.30. The number of hydrogen-bond donors (Lipinski definition) is 0. The van der Waals surface area contributed by atoms with Crippen LogP contribution < -0.4 is 9.80 Å². The van der Waals surface area contributed by atoms with Crippen molar-refractivity contribution in [1.82, 2.24) is 9.97 Å². The Labute approximate surface area is 316 Å². The standard InChI is InChI=1S/C44H46N4O2S2/c1-47(2)37-19-13-33(14-20-37)11-17-35-23-25-45-43-39(35)7-5-9-41(43)51-31-29-49-27-28-50-30-32-52-42-10-6-8-40-36(24-26-46-44(40)42)18-12-34-15-21-38(22-16-34)48(3)4/h5-26H,27-32H2,1-4H3/b17-11+,18-12+. The van der Waals surface area contributed by atoms with Crippen molar-refractivity contribution in [3.05, 3.63) is 132 Å². The van der Waals surface area contributed by atoms with Gasteiger partial charge in [-0.2, -0.15) is 0 Å². The lowest BCUT2D eigenvalue weighted by molar-refractivity contribution is 0.0605. The molecule has 0 saturated carbocycles. The fourth-order valence-corrected chi connectivity index (χ4v) is 7.54. The lowest BCUT2D eigenvalue weighted by Crippen LogP contribution is -2.08. The zero-order chi connectivity index (χ0) is 36.1. The normalized spacial score (nSPS) is 11.7. The van der Waals surface area contributed by atoms with Crippen molar-refractivity contribution in [2.24, 2.45) is 0 Å². The van der Waals surface area contributed by atoms with Crippen LogP contribution in [0.5, 0.6) is 0 Å². The van der Waals surface area contributed by atoms with E-state index in [1.54, 1.807) is 23.5 Å². The molecular weight excluding hydrogens is 681 g/mol. The number of ether oxygens (including phenoxy) is 2. The molecule has 0 saturated heterocycles. The highest BCUT2D eigenvalue weighted by Crippen LogP contribution is 2.30. The number of anilines is 2. The highest BCUT2D eigenvalue weighted by atomic mass is 32.2. The summed E-state index contributed by atoms with van der Waals surface area (Å²) < 4.78 is 11.8. The van der Waals surface area contributed by atoms with Gasteiger partial charge in [0.05, 0.1) is 37.5 Å². The number of fused-ring (bicyclic) bond motifs is 2. The zero-order valence-electron chi connectivity index (χ0n) is 30.4. The topological polar surface area (TPSA) is 50.7 Å². The molecule has 2 heterocycles. The minimum Gasteiger partial charge on any atom is -0.378 e. The molecule has 0 aliphatic carbocycles. The van der Waals surface area contributed by atoms with Crippen LogP contribution >= 0.6 is 23.5 Å². The second-order valence-corrected chi connectivity index (χ2v) is 14.9. The third-order valence-electron chi connectivity index (χ3n) is 8.61. The minimum atomic E-state index is 0.576. The molecule has 6 rings (SSSR count). The van der Waals surface area contributed by atoms with Crippen LogP contribution in [0.25, 0.3) is 46.1 Å². The molecule has 6 aromatic rings. The van der Waals surface area contributed by atoms with E-state index in [1.807, 2.05) is 12.4 Å². The molecule has 4 aromatic carbocycles. The molecule has 0 spiro atoms. The molecule has 0 aliphatic rings. The third-order valence-corrected chi connectivity index (χ3v) is 10.6. The van der Waals surface area contributed by atoms with E-state index in [4.69, 9.17) is 19.4 Å². The first-order chi connectivity index (χ1) is 25.5. The van der Waals surface area contributed by atoms with Crippen molar-refractivity contribution in [2.45, 2.75) is 9.79 Å². The van der Waals surface area contributed by atoms with E-state index < -0.39 is 0 Å². The van der Waals surface area contributed by atoms with Gasteiger partial charge in [0.25, 0.3) is 0 Å². The fourth-order valence-electron chi connectivity index (χ4n) is 5.75. The van der Waals surface area contributed by atoms with E-state index in [0.29, 0.717) is 26.4 Å². The Kier molecular flexibility index (Phi) is 13.4. The summed E-state index contributed by atoms with van der Waals surface area (Å²) in [5.74, 6) is 1.70. The molecule has 52 heavy (non-hydrogen) atoms. The SMILES string of the molecule is CN(C)c1ccc(/C=C/c2ccnc3c(SCCOCCOCCSc4cccc5c(/C=C/c6ccc(N(C)C)cc6)ccnc45)cccc23)cc1. The Bertz CT molecular complexity index is 1960. The Morgan fingerprint density at radius 1 is 0.500 bits per heavy atom. The van der Waals surface area contributed by atoms with Crippen LogP contribution in [-0.4, -0.2) is 76.1 Å². The van der Waals surface area contributed by atoms with Gasteiger partial charge < -0.3 is 19.3 Å². The smallest absolute Gasteiger partial charge is 0.0843 e. The lowest BCUT2D eigenvalue weighted by Gasteiger charge is -2.11. The summed E-state index contributed by atoms with van der Waals surface area (Å²) in [6.07, 6.45) is 12.5. The van der Waals surface area contributed by atoms with Gasteiger partial charge in [0.2, 0.25) is 0 Å². The predicted molar refractivity (Wildman–Crippen MR) is 226 cm³/mol. The molecule has 0 amide bonds. The maximum Gasteiger partial charge on any atom is 0.0843 e. The second kappa shape index (κ2) is 18.8. The number of thioether (sulfide) groups is 2. The number of para-hydroxylation sites is 2. The first-order valence-corrected chi connectivity index (χ1v) is 19.5. The summed E-state index contributed by atoms with van der Waals surface area (Å²) in [6, 6.07) is 34.1. The van der Waals surface area contributed by atoms with Gasteiger partial charge in [-0.3, -0.25) is 9.97 Å². The van der Waals surface area contributed by atoms with E-state index in [-0.39, 0.29) is 0 Å². The summed E-state index contributed by atoms with van der Waals surface area (Å²) in [4.78, 5) is 16.0. The van der Waals surface area contributed by atoms with E-state index in [1.165, 1.54) is 32.3 Å². The van der Waals surface area contributed by atoms with Crippen LogP contribution in [0.15, 0.2) is 119 Å². The van der Waals surface area contributed by atoms with Crippen molar-refractivity contribution in [2.75, 3.05) is 75.9 Å². The van der Waals surface area contributed by atoms with E-state index in [9.17, 15) is 0 Å². The first kappa shape index (κ1) is 37.2. The molecule has 0 atom stereocenters. The quantitative estimate of drug-likeness (QED) is 0.0680. The molecule has 0 radical (unpaired) electrons. The number of pyridine rings is 2. The fraction of sp³-hybridized carbons (Fsp3) is 0.227. The molecule has 0 aliphatic heterocycles. The number of aromatic nitrogens is 2. The summed E-state index contributed by atoms with van der Waals surface area (Å²) in [7, 11) is 8.22. The van der Waals surface area contributed by atoms with Gasteiger partial charge >= 0.3 is 0 Å². The molecule has 8 heteroatoms. The summed E-state index contributed by atoms with van der Waals surface area (Å²) in [6.45, 7) is 2.46. The van der Waals surface area contributed by atoms with Gasteiger partial charge in [-0.05, 0) is 70.8 Å². The maximum atomic E-state index is 5.90. The molecule has 0 bridgehead atoms. The van der Waals surface area contributed by atoms with Crippen molar-refractivity contribution in [3.63, 3.8) is 0 Å². The molecule has 2 aromatic heterocycles. The van der Waals surface area contributed by atoms with Crippen LogP contribution in [0, 0.1) is 0 Å². The summed E-state index contributed by atoms with van der Waals surface area (Å²) in [5.41, 5.74) is 9.09. The van der Waals surface area contributed by atoms with Gasteiger partial charge in [0.15, 0.2) is 0 Å². The van der Waals surface area contributed by atoms with Crippen LogP contribution in [0.3, 0.4) is 0 Å². The highest BCUT2D eigenvalue weighted by molar-refractivity contribution is 7.99. The Hall–Kier alpha value is -4.60. The second-order valence-electron chi connectivity index (χ2n) is 12.7. The predicted octanol–water partition coefficient (Wildman–Crippen LogP) is 10.2. The maximum absolute atomic E-state index is 5.90. The van der Waals surface area contributed by atoms with Crippen molar-refractivity contribution >= 4 is 81.0 Å². The molecule has 0 N–H and O–H groups in total. The number of hydrogen-bond acceptors (Lipinski definition) is 8. The molecule has 6 nitrogen and oxygen atoms in total. The van der Waals surface area contributed by atoms with Gasteiger partial charge in [-0.15, -0.1) is 23.5 Å². The first-order valence-electron chi connectivity index (χ1n) is 17.5. The average Bonchev–Trinajstić information content (AvgIpc) is 3.17. The molecular formula is C44H46N4O2S2. The van der Waals surface area contributed by atoms with Crippen molar-refractivity contribution in [1.29, 1.82) is 0 Å². The van der Waals surface area contributed by atoms with Crippen molar-refractivity contribution in [3.8, 4) is 0 Å². The summed E-state index contributed by atoms with van der Waals surface area (Å²) >= 11 is 3.56. The molecule has 266 valence electrons. The largest absolute Gasteiger partial charge is 0.378 e. The average molecular weight is 727 g/mol. The Balaban J connectivity index is 0.915. The lowest BCUT2D eigenvalue weighted by atomic mass is 10.1. The van der Waals surface area contributed by atoms with Crippen LogP contribution in [-0.2, 0) is 9.47 Å². The number of rotatable bonds is 17. The van der Waals surface area contributed by atoms with Crippen molar-refractivity contribution < 1.29 is 9.47 Å². The third kappa shape index (κ3) is 10.0. The van der Waals surface area contributed by atoms with Crippen LogP contribution in [0.1, 0.15) is 22.3 Å². The van der Waals surface area contributed by atoms with Gasteiger partial charge in [-0.1, -0.05) is 72.8 Å². The molecule has 0 fully saturated rings. The van der Waals surface area contributed by atoms with E-state index in [2.05, 4.69) is 159 Å². The molecule has 0 unspecified atom stereocenters. The minimum absolute atomic E-state index is 0.576. The monoisotopic (exact) mass is 726 g/mol. The Morgan fingerprint density at radius 3 is 1.33 bits per heavy atom. The van der Waals surface area contributed by atoms with Gasteiger partial charge in [0, 0.05) is 84.0 Å². The van der Waals surface area contributed by atoms with E-state index in [0.717, 1.165) is 44.4 Å². The highest BCUT2D eigenvalue weighted by Gasteiger charge is 2.08. The van der Waals surface area contributed by atoms with Gasteiger partial charge in [-0.25, -0.2) is 0 Å². The Morgan fingerprint density at radius 2 is 0.923 bits per heavy atom.